The van der Waals surface area contributed by atoms with Crippen molar-refractivity contribution >= 4 is 60.9 Å². The van der Waals surface area contributed by atoms with Gasteiger partial charge in [-0.15, -0.1) is 0 Å². The average molecular weight is 414 g/mol. The van der Waals surface area contributed by atoms with Crippen molar-refractivity contribution in [2.45, 2.75) is 0 Å². The van der Waals surface area contributed by atoms with Crippen LogP contribution in [0.1, 0.15) is 0 Å². The Morgan fingerprint density at radius 3 is 1.81 bits per heavy atom. The van der Waals surface area contributed by atoms with Crippen LogP contribution in [-0.4, -0.2) is 19.2 Å². The van der Waals surface area contributed by atoms with Gasteiger partial charge in [0.2, 0.25) is 5.39 Å². The van der Waals surface area contributed by atoms with Gasteiger partial charge in [-0.3, -0.25) is 10.1 Å². The van der Waals surface area contributed by atoms with Crippen molar-refractivity contribution in [3.63, 3.8) is 0 Å². The fourth-order valence-electron chi connectivity index (χ4n) is 0.641. The van der Waals surface area contributed by atoms with Gasteiger partial charge in [-0.1, -0.05) is 0 Å². The van der Waals surface area contributed by atoms with Crippen LogP contribution in [0, 0.1) is 15.5 Å². The molecule has 10 heteroatoms. The first-order valence-electron chi connectivity index (χ1n) is 3.51. The van der Waals surface area contributed by atoms with Crippen LogP contribution in [0.3, 0.4) is 0 Å². The van der Waals surface area contributed by atoms with Crippen LogP contribution in [0.2, 0.25) is 0 Å². The number of nitrogens with zero attached hydrogens (tertiary/aromatic N) is 3. The first-order valence-corrected chi connectivity index (χ1v) is 16.4. The topological polar surface area (TPSA) is 71.3 Å². The minimum absolute atomic E-state index is 0.0163. The van der Waals surface area contributed by atoms with E-state index in [0.29, 0.717) is 5.69 Å². The maximum absolute atomic E-state index is 10.1. The van der Waals surface area contributed by atoms with E-state index in [0.717, 1.165) is 0 Å². The summed E-state index contributed by atoms with van der Waals surface area (Å²) in [6.07, 6.45) is 0. The molecule has 16 heavy (non-hydrogen) atoms. The van der Waals surface area contributed by atoms with Gasteiger partial charge < -0.3 is 0 Å². The van der Waals surface area contributed by atoms with E-state index in [-0.39, 0.29) is 5.69 Å². The Labute approximate surface area is 110 Å². The summed E-state index contributed by atoms with van der Waals surface area (Å²) >= 11 is -3.21. The summed E-state index contributed by atoms with van der Waals surface area (Å²) in [4.78, 5) is 12.4. The van der Waals surface area contributed by atoms with E-state index >= 15 is 0 Å². The maximum atomic E-state index is 10.1. The average Bonchev–Trinajstić information content (AvgIpc) is 2.15. The molecular weight excluding hydrogens is 410 g/mol. The van der Waals surface area contributed by atoms with Crippen LogP contribution in [0.25, 0.3) is 4.98 Å². The van der Waals surface area contributed by atoms with Crippen molar-refractivity contribution in [3.05, 3.63) is 39.4 Å². The molecule has 88 valence electrons. The fourth-order valence-corrected chi connectivity index (χ4v) is 0.641. The summed E-state index contributed by atoms with van der Waals surface area (Å²) in [6, 6.07) is 5.26. The Hall–Kier alpha value is 0.0182. The van der Waals surface area contributed by atoms with E-state index in [2.05, 4.69) is 4.98 Å². The first-order chi connectivity index (χ1) is 7.24. The molecule has 1 rings (SSSR count). The van der Waals surface area contributed by atoms with Crippen molar-refractivity contribution in [2.75, 3.05) is 0 Å². The van der Waals surface area contributed by atoms with Crippen LogP contribution >= 0.6 is 35.3 Å². The first kappa shape index (κ1) is 16.0. The van der Waals surface area contributed by atoms with E-state index in [1.165, 1.54) is 24.3 Å². The second-order valence-corrected chi connectivity index (χ2v) is 25.0. The monoisotopic (exact) mass is 411 g/mol. The summed E-state index contributed by atoms with van der Waals surface area (Å²) in [7, 11) is 20.1. The third-order valence-electron chi connectivity index (χ3n) is 1.18. The Bertz CT molecular complexity index is 394. The molecule has 0 N–H and O–H groups in total. The molecule has 0 aliphatic heterocycles. The van der Waals surface area contributed by atoms with Gasteiger partial charge in [0.1, 0.15) is 0 Å². The molecule has 0 heterocycles. The number of rotatable bonds is 1. The van der Waals surface area contributed by atoms with Crippen molar-refractivity contribution in [3.8, 4) is 0 Å². The van der Waals surface area contributed by atoms with Crippen LogP contribution in [-0.2, 0) is 0 Å². The molecule has 0 amide bonds. The normalized spacial score (nSPS) is 10.7. The summed E-state index contributed by atoms with van der Waals surface area (Å²) in [5.74, 6) is 0. The molecule has 0 bridgehead atoms. The molecular formula is C6H4Cl4N3O2Sb. The number of hydrogen-bond donors (Lipinski definition) is 0. The van der Waals surface area contributed by atoms with E-state index in [1.807, 2.05) is 0 Å². The molecule has 0 unspecified atom stereocenters. The van der Waals surface area contributed by atoms with Gasteiger partial charge in [0.15, 0.2) is 4.98 Å². The minimum atomic E-state index is -3.21. The molecule has 0 radical (unpaired) electrons. The predicted octanol–water partition coefficient (Wildman–Crippen LogP) is 4.46. The molecule has 0 saturated carbocycles. The molecule has 0 aliphatic rings. The second kappa shape index (κ2) is 7.36. The number of diazo groups is 1. The summed E-state index contributed by atoms with van der Waals surface area (Å²) in [5.41, 5.74) is 0.285. The van der Waals surface area contributed by atoms with Crippen molar-refractivity contribution in [1.29, 1.82) is 5.39 Å². The molecule has 0 aromatic heterocycles. The van der Waals surface area contributed by atoms with Crippen molar-refractivity contribution in [1.82, 2.24) is 0 Å². The van der Waals surface area contributed by atoms with E-state index in [4.69, 9.17) is 40.7 Å². The summed E-state index contributed by atoms with van der Waals surface area (Å²) < 4.78 is 0. The second-order valence-electron chi connectivity index (χ2n) is 2.26. The molecule has 0 atom stereocenters. The predicted molar refractivity (Wildman–Crippen MR) is 67.0 cm³/mol. The van der Waals surface area contributed by atoms with Gasteiger partial charge in [0.25, 0.3) is 5.69 Å². The van der Waals surface area contributed by atoms with Gasteiger partial charge in [0.05, 0.1) is 4.92 Å². The zero-order valence-corrected chi connectivity index (χ0v) is 13.0. The van der Waals surface area contributed by atoms with Gasteiger partial charge in [-0.05, 0) is 0 Å². The van der Waals surface area contributed by atoms with Gasteiger partial charge in [0, 0.05) is 24.3 Å². The number of nitro benzene ring substituents is 1. The number of non-ortho nitro benzene ring substituents is 1. The van der Waals surface area contributed by atoms with Gasteiger partial charge in [-0.25, -0.2) is 0 Å². The molecule has 1 aromatic rings. The number of benzene rings is 1. The molecule has 0 aliphatic carbocycles. The third-order valence-corrected chi connectivity index (χ3v) is 1.18. The molecule has 5 nitrogen and oxygen atoms in total. The molecule has 0 spiro atoms. The molecule has 1 aromatic carbocycles. The Morgan fingerprint density at radius 1 is 1.19 bits per heavy atom. The standard InChI is InChI=1S/C6H4N3O2.4ClH.Sb/c7-8-5-1-3-6(4-2-5)9(10)11;;;;;/h1-4H;4*1H;/q+1;;;;;+3/p-4. The number of halogens is 4. The van der Waals surface area contributed by atoms with Gasteiger partial charge in [-0.2, -0.15) is 0 Å². The van der Waals surface area contributed by atoms with E-state index in [1.54, 1.807) is 0 Å². The fraction of sp³-hybridized carbons (Fsp3) is 0. The quantitative estimate of drug-likeness (QED) is 0.295. The Morgan fingerprint density at radius 2 is 1.56 bits per heavy atom. The number of hydrogen-bond acceptors (Lipinski definition) is 3. The Balaban J connectivity index is 0.000000385. The number of nitro groups is 1. The van der Waals surface area contributed by atoms with Crippen LogP contribution in [0.5, 0.6) is 0 Å². The van der Waals surface area contributed by atoms with E-state index < -0.39 is 19.2 Å². The molecule has 0 saturated heterocycles. The van der Waals surface area contributed by atoms with Gasteiger partial charge >= 0.3 is 55.2 Å². The summed E-state index contributed by atoms with van der Waals surface area (Å²) in [5, 5.41) is 18.3. The summed E-state index contributed by atoms with van der Waals surface area (Å²) in [6.45, 7) is 0. The van der Waals surface area contributed by atoms with Crippen LogP contribution in [0.4, 0.5) is 11.4 Å². The Kier molecular flexibility index (Phi) is 7.37. The van der Waals surface area contributed by atoms with Crippen LogP contribution < -0.4 is 0 Å². The zero-order valence-electron chi connectivity index (χ0n) is 7.43. The van der Waals surface area contributed by atoms with Crippen molar-refractivity contribution < 1.29 is 4.92 Å². The molecule has 0 fully saturated rings. The SMILES string of the molecule is N#[N+]c1ccc([N+](=O)[O-])cc1.[Cl][Sb-]([Cl])([Cl])[Cl]. The van der Waals surface area contributed by atoms with E-state index in [9.17, 15) is 10.1 Å². The zero-order chi connectivity index (χ0) is 12.8. The van der Waals surface area contributed by atoms with Crippen molar-refractivity contribution in [2.24, 2.45) is 0 Å². The third kappa shape index (κ3) is 9.26. The van der Waals surface area contributed by atoms with Crippen LogP contribution in [0.15, 0.2) is 24.3 Å².